The van der Waals surface area contributed by atoms with Gasteiger partial charge in [-0.05, 0) is 164 Å². The van der Waals surface area contributed by atoms with Crippen molar-refractivity contribution in [1.82, 2.24) is 0 Å². The summed E-state index contributed by atoms with van der Waals surface area (Å²) in [6.07, 6.45) is 5.97. The Morgan fingerprint density at radius 3 is 1.99 bits per heavy atom. The van der Waals surface area contributed by atoms with Crippen LogP contribution >= 0.6 is 11.6 Å². The number of hydrogen-bond donors (Lipinski definition) is 0. The molecule has 7 fully saturated rings. The normalized spacial score (nSPS) is 49.8. The SMILES string of the molecule is CCC1O[C@@H](OC2[C@H](O[C@H]3CCC4(C)C5CC=C6C7CC(C)(C)CC[C@]7(C(=O)Cl)[C@@H](OC)C[C@@]6(C)C5(C)CC[C@H]4[C@@]3(C)C=O)OC(C(C)=O)[C@@H](C)[C@@H]2O[C@@H]2OC[C@@H](C)[C@@H](C)C2C)C(O[Si](CC)(CC)CC)[C@@H](C)[C@H]1C. The van der Waals surface area contributed by atoms with Crippen LogP contribution in [-0.4, -0.2) is 101 Å². The standard InChI is InChI=1S/C62H103ClO11Si/c1-19-44-37(7)38(8)51(74-75(20-2,21-3)22-4)54(69-44)73-52-50(72-53-39(9)36(6)35(5)33-68-53)40(10)49(41(11)65)71-55(52)70-47-26-27-58(14)45(59(47,15)34-64)25-28-60(16)46(58)24-23-42-43-31-57(12,13)29-30-62(43,56(63)66)48(67-18)32-61(42,60)17/h23,34-40,43-55H,19-22,24-33H2,1-18H3/t35-,36-,37-,38+,39?,40-,43?,44?,45-,46?,47+,48+,49?,50+,51?,52?,53+,54+,55-,58?,59-,60?,61-,62-/m1/s1. The van der Waals surface area contributed by atoms with Gasteiger partial charge in [0.05, 0.1) is 48.0 Å². The number of Topliss-reactive ketones (excluding diaryl/α,β-unsaturated/α-hetero) is 1. The second-order valence-electron chi connectivity index (χ2n) is 28.1. The highest BCUT2D eigenvalue weighted by Gasteiger charge is 2.72. The first-order valence-corrected chi connectivity index (χ1v) is 33.0. The number of aldehydes is 1. The van der Waals surface area contributed by atoms with E-state index in [1.165, 1.54) is 11.9 Å². The van der Waals surface area contributed by atoms with Crippen molar-refractivity contribution < 1.29 is 52.0 Å². The molecule has 11 nitrogen and oxygen atoms in total. The Bertz CT molecular complexity index is 2090. The van der Waals surface area contributed by atoms with E-state index in [2.05, 4.69) is 110 Å². The first-order chi connectivity index (χ1) is 35.2. The summed E-state index contributed by atoms with van der Waals surface area (Å²) < 4.78 is 56.8. The fourth-order valence-corrected chi connectivity index (χ4v) is 21.4. The maximum atomic E-state index is 14.3. The van der Waals surface area contributed by atoms with Gasteiger partial charge in [-0.2, -0.15) is 0 Å². The Balaban J connectivity index is 1.16. The molecule has 0 aromatic carbocycles. The van der Waals surface area contributed by atoms with Gasteiger partial charge >= 0.3 is 0 Å². The molecule has 5 aliphatic carbocycles. The Hall–Kier alpha value is -1.06. The van der Waals surface area contributed by atoms with Crippen molar-refractivity contribution in [3.8, 4) is 0 Å². The molecule has 0 bridgehead atoms. The smallest absolute Gasteiger partial charge is 0.231 e. The lowest BCUT2D eigenvalue weighted by Crippen LogP contribution is -2.68. The minimum atomic E-state index is -2.18. The van der Waals surface area contributed by atoms with Gasteiger partial charge in [0.1, 0.15) is 18.5 Å². The third kappa shape index (κ3) is 9.76. The van der Waals surface area contributed by atoms with Gasteiger partial charge in [0.2, 0.25) is 5.24 Å². The van der Waals surface area contributed by atoms with Crippen LogP contribution in [0.2, 0.25) is 18.1 Å². The molecule has 0 N–H and O–H groups in total. The molecule has 9 unspecified atom stereocenters. The molecule has 8 rings (SSSR count). The predicted octanol–water partition coefficient (Wildman–Crippen LogP) is 13.5. The molecule has 3 saturated heterocycles. The number of carbonyl (C=O) groups is 3. The van der Waals surface area contributed by atoms with Crippen LogP contribution in [0.25, 0.3) is 0 Å². The van der Waals surface area contributed by atoms with Crippen LogP contribution in [0.15, 0.2) is 11.6 Å². The zero-order chi connectivity index (χ0) is 55.2. The topological polar surface area (TPSA) is 125 Å². The quantitative estimate of drug-likeness (QED) is 0.0482. The molecule has 3 aliphatic heterocycles. The minimum Gasteiger partial charge on any atom is -0.408 e. The van der Waals surface area contributed by atoms with Crippen molar-refractivity contribution in [3.63, 3.8) is 0 Å². The second kappa shape index (κ2) is 22.0. The van der Waals surface area contributed by atoms with Gasteiger partial charge in [-0.1, -0.05) is 122 Å². The number of carbonyl (C=O) groups excluding carboxylic acids is 3. The van der Waals surface area contributed by atoms with Gasteiger partial charge in [-0.15, -0.1) is 0 Å². The summed E-state index contributed by atoms with van der Waals surface area (Å²) in [6, 6.07) is 2.96. The molecule has 4 saturated carbocycles. The zero-order valence-electron chi connectivity index (χ0n) is 49.9. The van der Waals surface area contributed by atoms with Crippen LogP contribution in [-0.2, 0) is 52.0 Å². The molecular weight excluding hydrogens is 984 g/mol. The van der Waals surface area contributed by atoms with Gasteiger partial charge in [0.25, 0.3) is 0 Å². The largest absolute Gasteiger partial charge is 0.408 e. The number of ketones is 1. The summed E-state index contributed by atoms with van der Waals surface area (Å²) in [5.41, 5.74) is -0.754. The molecule has 428 valence electrons. The van der Waals surface area contributed by atoms with E-state index in [0.717, 1.165) is 75.9 Å². The van der Waals surface area contributed by atoms with Gasteiger partial charge in [0, 0.05) is 18.9 Å². The van der Waals surface area contributed by atoms with E-state index >= 15 is 0 Å². The van der Waals surface area contributed by atoms with Crippen LogP contribution in [0.4, 0.5) is 0 Å². The summed E-state index contributed by atoms with van der Waals surface area (Å²) in [5.74, 6) is 0.882. The van der Waals surface area contributed by atoms with E-state index < -0.39 is 68.4 Å². The zero-order valence-corrected chi connectivity index (χ0v) is 51.6. The van der Waals surface area contributed by atoms with Crippen molar-refractivity contribution in [2.24, 2.45) is 85.8 Å². The molecule has 0 radical (unpaired) electrons. The van der Waals surface area contributed by atoms with E-state index in [9.17, 15) is 14.4 Å². The van der Waals surface area contributed by atoms with Crippen molar-refractivity contribution in [3.05, 3.63) is 11.6 Å². The molecule has 3 heterocycles. The van der Waals surface area contributed by atoms with Gasteiger partial charge in [0.15, 0.2) is 33.0 Å². The first-order valence-electron chi connectivity index (χ1n) is 30.1. The molecule has 0 aromatic rings. The van der Waals surface area contributed by atoms with Crippen molar-refractivity contribution in [2.75, 3.05) is 13.7 Å². The fraction of sp³-hybridized carbons (Fsp3) is 0.919. The van der Waals surface area contributed by atoms with E-state index in [4.69, 9.17) is 49.2 Å². The molecule has 0 aromatic heterocycles. The average Bonchev–Trinajstić information content (AvgIpc) is 3.37. The maximum absolute atomic E-state index is 14.3. The van der Waals surface area contributed by atoms with E-state index in [1.54, 1.807) is 14.0 Å². The second-order valence-corrected chi connectivity index (χ2v) is 33.2. The summed E-state index contributed by atoms with van der Waals surface area (Å²) in [6.45, 7) is 38.6. The lowest BCUT2D eigenvalue weighted by atomic mass is 9.33. The van der Waals surface area contributed by atoms with Crippen LogP contribution in [0.3, 0.4) is 0 Å². The Labute approximate surface area is 459 Å². The van der Waals surface area contributed by atoms with E-state index in [1.807, 2.05) is 6.92 Å². The molecule has 0 spiro atoms. The molecule has 24 atom stereocenters. The van der Waals surface area contributed by atoms with Gasteiger partial charge < -0.3 is 42.4 Å². The number of ether oxygens (including phenoxy) is 7. The van der Waals surface area contributed by atoms with Crippen LogP contribution in [0.1, 0.15) is 182 Å². The summed E-state index contributed by atoms with van der Waals surface area (Å²) >= 11 is 6.76. The summed E-state index contributed by atoms with van der Waals surface area (Å²) in [4.78, 5) is 42.1. The number of hydrogen-bond acceptors (Lipinski definition) is 11. The number of halogens is 1. The fourth-order valence-electron chi connectivity index (χ4n) is 18.2. The molecule has 75 heavy (non-hydrogen) atoms. The molecular formula is C62H103ClO11Si. The minimum absolute atomic E-state index is 0.00312. The van der Waals surface area contributed by atoms with E-state index in [0.29, 0.717) is 24.9 Å². The Morgan fingerprint density at radius 1 is 0.733 bits per heavy atom. The third-order valence-electron chi connectivity index (χ3n) is 24.3. The third-order valence-corrected chi connectivity index (χ3v) is 29.3. The highest BCUT2D eigenvalue weighted by molar-refractivity contribution is 6.73. The number of rotatable bonds is 16. The highest BCUT2D eigenvalue weighted by Crippen LogP contribution is 2.76. The average molecular weight is 1090 g/mol. The monoisotopic (exact) mass is 1090 g/mol. The van der Waals surface area contributed by atoms with Crippen LogP contribution < -0.4 is 0 Å². The predicted molar refractivity (Wildman–Crippen MR) is 296 cm³/mol. The van der Waals surface area contributed by atoms with E-state index in [-0.39, 0.29) is 86.5 Å². The number of allylic oxidation sites excluding steroid dienone is 2. The number of fused-ring (bicyclic) bond motifs is 7. The van der Waals surface area contributed by atoms with Gasteiger partial charge in [-0.25, -0.2) is 0 Å². The number of methoxy groups -OCH3 is 1. The maximum Gasteiger partial charge on any atom is 0.231 e. The van der Waals surface area contributed by atoms with Crippen molar-refractivity contribution in [1.29, 1.82) is 0 Å². The Morgan fingerprint density at radius 2 is 1.39 bits per heavy atom. The van der Waals surface area contributed by atoms with Crippen LogP contribution in [0, 0.1) is 85.8 Å². The van der Waals surface area contributed by atoms with Crippen LogP contribution in [0.5, 0.6) is 0 Å². The van der Waals surface area contributed by atoms with Crippen molar-refractivity contribution in [2.45, 2.75) is 262 Å². The Kier molecular flexibility index (Phi) is 17.6. The molecule has 8 aliphatic rings. The highest BCUT2D eigenvalue weighted by atomic mass is 35.5. The van der Waals surface area contributed by atoms with Crippen molar-refractivity contribution >= 4 is 37.2 Å². The first kappa shape index (κ1) is 60.0. The van der Waals surface area contributed by atoms with Gasteiger partial charge in [-0.3, -0.25) is 9.59 Å². The molecule has 13 heteroatoms. The lowest BCUT2D eigenvalue weighted by molar-refractivity contribution is -0.376. The summed E-state index contributed by atoms with van der Waals surface area (Å²) in [7, 11) is -0.401. The lowest BCUT2D eigenvalue weighted by Gasteiger charge is -2.71. The summed E-state index contributed by atoms with van der Waals surface area (Å²) in [5, 5.41) is -0.250. The molecule has 0 amide bonds.